The van der Waals surface area contributed by atoms with Crippen LogP contribution in [0.15, 0.2) is 36.4 Å². The Morgan fingerprint density at radius 1 is 1.33 bits per heavy atom. The van der Waals surface area contributed by atoms with E-state index in [2.05, 4.69) is 23.3 Å². The molecule has 0 saturated carbocycles. The van der Waals surface area contributed by atoms with Crippen LogP contribution in [-0.2, 0) is 6.42 Å². The number of nitro groups is 1. The van der Waals surface area contributed by atoms with E-state index < -0.39 is 0 Å². The summed E-state index contributed by atoms with van der Waals surface area (Å²) in [6.45, 7) is 2.05. The van der Waals surface area contributed by atoms with Gasteiger partial charge in [0.05, 0.1) is 4.92 Å². The van der Waals surface area contributed by atoms with Crippen molar-refractivity contribution in [3.63, 3.8) is 0 Å². The van der Waals surface area contributed by atoms with Crippen LogP contribution in [0.3, 0.4) is 0 Å². The number of benzene rings is 1. The Hall–Kier alpha value is -2.63. The predicted molar refractivity (Wildman–Crippen MR) is 82.2 cm³/mol. The van der Waals surface area contributed by atoms with Crippen LogP contribution >= 0.6 is 0 Å². The first-order valence-electron chi connectivity index (χ1n) is 6.82. The maximum Gasteiger partial charge on any atom is 0.312 e. The smallest absolute Gasteiger partial charge is 0.312 e. The van der Waals surface area contributed by atoms with Gasteiger partial charge in [-0.2, -0.15) is 0 Å². The second-order valence-electron chi connectivity index (χ2n) is 5.10. The van der Waals surface area contributed by atoms with Gasteiger partial charge in [0.1, 0.15) is 5.82 Å². The molecule has 1 aromatic heterocycles. The normalized spacial score (nSPS) is 16.7. The zero-order chi connectivity index (χ0) is 15.0. The standard InChI is InChI=1S/C15H16N4O2/c1-10-9-11-5-3-4-6-12(11)18(10)15-13(19(20)21)7-8-14(16-2)17-15/h3-8,10H,9H2,1-2H3,(H,16,17). The molecule has 108 valence electrons. The molecule has 1 aliphatic rings. The first kappa shape index (κ1) is 13.4. The summed E-state index contributed by atoms with van der Waals surface area (Å²) in [7, 11) is 1.75. The van der Waals surface area contributed by atoms with Gasteiger partial charge in [-0.1, -0.05) is 18.2 Å². The van der Waals surface area contributed by atoms with Gasteiger partial charge in [-0.15, -0.1) is 0 Å². The molecular formula is C15H16N4O2. The fourth-order valence-electron chi connectivity index (χ4n) is 2.79. The van der Waals surface area contributed by atoms with Gasteiger partial charge in [0, 0.05) is 24.8 Å². The molecule has 0 radical (unpaired) electrons. The van der Waals surface area contributed by atoms with Crippen molar-refractivity contribution in [3.05, 3.63) is 52.1 Å². The number of rotatable bonds is 3. The first-order chi connectivity index (χ1) is 10.1. The summed E-state index contributed by atoms with van der Waals surface area (Å²) in [5, 5.41) is 14.3. The van der Waals surface area contributed by atoms with Crippen LogP contribution in [0, 0.1) is 10.1 Å². The van der Waals surface area contributed by atoms with Gasteiger partial charge in [-0.3, -0.25) is 10.1 Å². The molecule has 0 amide bonds. The van der Waals surface area contributed by atoms with Crippen molar-refractivity contribution in [1.29, 1.82) is 0 Å². The summed E-state index contributed by atoms with van der Waals surface area (Å²) in [5.41, 5.74) is 2.21. The third-order valence-electron chi connectivity index (χ3n) is 3.74. The molecule has 0 bridgehead atoms. The van der Waals surface area contributed by atoms with Crippen LogP contribution < -0.4 is 10.2 Å². The monoisotopic (exact) mass is 284 g/mol. The van der Waals surface area contributed by atoms with Crippen LogP contribution in [0.25, 0.3) is 0 Å². The molecule has 0 fully saturated rings. The Morgan fingerprint density at radius 3 is 2.81 bits per heavy atom. The van der Waals surface area contributed by atoms with Gasteiger partial charge < -0.3 is 10.2 Å². The van der Waals surface area contributed by atoms with Crippen LogP contribution in [0.1, 0.15) is 12.5 Å². The topological polar surface area (TPSA) is 71.3 Å². The van der Waals surface area contributed by atoms with E-state index >= 15 is 0 Å². The maximum atomic E-state index is 11.3. The Balaban J connectivity index is 2.17. The molecule has 0 aliphatic carbocycles. The minimum absolute atomic E-state index is 0.0255. The molecule has 0 saturated heterocycles. The number of anilines is 3. The average molecular weight is 284 g/mol. The lowest BCUT2D eigenvalue weighted by Crippen LogP contribution is -2.25. The number of nitrogens with zero attached hydrogens (tertiary/aromatic N) is 3. The molecule has 1 N–H and O–H groups in total. The van der Waals surface area contributed by atoms with Crippen LogP contribution in [0.4, 0.5) is 23.0 Å². The van der Waals surface area contributed by atoms with Crippen molar-refractivity contribution in [2.24, 2.45) is 0 Å². The van der Waals surface area contributed by atoms with Crippen LogP contribution in [-0.4, -0.2) is 23.0 Å². The highest BCUT2D eigenvalue weighted by molar-refractivity contribution is 5.75. The van der Waals surface area contributed by atoms with Gasteiger partial charge in [0.15, 0.2) is 0 Å². The number of nitrogens with one attached hydrogen (secondary N) is 1. The highest BCUT2D eigenvalue weighted by Crippen LogP contribution is 2.41. The molecule has 2 aromatic rings. The van der Waals surface area contributed by atoms with E-state index in [0.717, 1.165) is 12.1 Å². The molecule has 3 rings (SSSR count). The number of aromatic nitrogens is 1. The Bertz CT molecular complexity index is 702. The summed E-state index contributed by atoms with van der Waals surface area (Å²) in [6, 6.07) is 11.2. The molecule has 1 unspecified atom stereocenters. The SMILES string of the molecule is CNc1ccc([N+](=O)[O-])c(N2c3ccccc3CC2C)n1. The van der Waals surface area contributed by atoms with E-state index in [0.29, 0.717) is 11.6 Å². The fourth-order valence-corrected chi connectivity index (χ4v) is 2.79. The van der Waals surface area contributed by atoms with Gasteiger partial charge in [-0.25, -0.2) is 4.98 Å². The lowest BCUT2D eigenvalue weighted by atomic mass is 10.1. The Kier molecular flexibility index (Phi) is 3.21. The summed E-state index contributed by atoms with van der Waals surface area (Å²) in [6.07, 6.45) is 0.860. The largest absolute Gasteiger partial charge is 0.373 e. The Morgan fingerprint density at radius 2 is 2.10 bits per heavy atom. The van der Waals surface area contributed by atoms with E-state index in [1.54, 1.807) is 13.1 Å². The second kappa shape index (κ2) is 5.05. The van der Waals surface area contributed by atoms with E-state index in [4.69, 9.17) is 0 Å². The molecular weight excluding hydrogens is 268 g/mol. The van der Waals surface area contributed by atoms with E-state index in [-0.39, 0.29) is 16.7 Å². The second-order valence-corrected chi connectivity index (χ2v) is 5.10. The molecule has 21 heavy (non-hydrogen) atoms. The number of hydrogen-bond acceptors (Lipinski definition) is 5. The number of pyridine rings is 1. The summed E-state index contributed by atoms with van der Waals surface area (Å²) < 4.78 is 0. The fraction of sp³-hybridized carbons (Fsp3) is 0.267. The first-order valence-corrected chi connectivity index (χ1v) is 6.82. The summed E-state index contributed by atoms with van der Waals surface area (Å²) in [5.74, 6) is 1.01. The van der Waals surface area contributed by atoms with Crippen molar-refractivity contribution >= 4 is 23.0 Å². The zero-order valence-corrected chi connectivity index (χ0v) is 11.9. The zero-order valence-electron chi connectivity index (χ0n) is 11.9. The number of hydrogen-bond donors (Lipinski definition) is 1. The third-order valence-corrected chi connectivity index (χ3v) is 3.74. The molecule has 2 heterocycles. The van der Waals surface area contributed by atoms with E-state index in [1.165, 1.54) is 11.6 Å². The van der Waals surface area contributed by atoms with Crippen molar-refractivity contribution in [2.45, 2.75) is 19.4 Å². The lowest BCUT2D eigenvalue weighted by Gasteiger charge is -2.23. The van der Waals surface area contributed by atoms with Crippen molar-refractivity contribution in [3.8, 4) is 0 Å². The highest BCUT2D eigenvalue weighted by atomic mass is 16.6. The quantitative estimate of drug-likeness (QED) is 0.692. The molecule has 1 atom stereocenters. The van der Waals surface area contributed by atoms with Gasteiger partial charge >= 0.3 is 5.69 Å². The number of para-hydroxylation sites is 1. The van der Waals surface area contributed by atoms with Crippen LogP contribution in [0.5, 0.6) is 0 Å². The Labute approximate surface area is 122 Å². The van der Waals surface area contributed by atoms with Gasteiger partial charge in [0.2, 0.25) is 5.82 Å². The van der Waals surface area contributed by atoms with Gasteiger partial charge in [-0.05, 0) is 31.0 Å². The molecule has 0 spiro atoms. The minimum Gasteiger partial charge on any atom is -0.373 e. The third kappa shape index (κ3) is 2.18. The molecule has 6 heteroatoms. The summed E-state index contributed by atoms with van der Waals surface area (Å²) in [4.78, 5) is 17.3. The summed E-state index contributed by atoms with van der Waals surface area (Å²) >= 11 is 0. The van der Waals surface area contributed by atoms with Crippen molar-refractivity contribution < 1.29 is 4.92 Å². The van der Waals surface area contributed by atoms with E-state index in [9.17, 15) is 10.1 Å². The number of fused-ring (bicyclic) bond motifs is 1. The minimum atomic E-state index is -0.380. The molecule has 1 aliphatic heterocycles. The van der Waals surface area contributed by atoms with Crippen LogP contribution in [0.2, 0.25) is 0 Å². The van der Waals surface area contributed by atoms with Crippen molar-refractivity contribution in [1.82, 2.24) is 4.98 Å². The maximum absolute atomic E-state index is 11.3. The molecule has 6 nitrogen and oxygen atoms in total. The molecule has 1 aromatic carbocycles. The average Bonchev–Trinajstić information content (AvgIpc) is 2.82. The predicted octanol–water partition coefficient (Wildman–Crippen LogP) is 3.11. The van der Waals surface area contributed by atoms with Crippen molar-refractivity contribution in [2.75, 3.05) is 17.3 Å². The lowest BCUT2D eigenvalue weighted by molar-refractivity contribution is -0.384. The van der Waals surface area contributed by atoms with E-state index in [1.807, 2.05) is 23.1 Å². The van der Waals surface area contributed by atoms with Gasteiger partial charge in [0.25, 0.3) is 0 Å². The highest BCUT2D eigenvalue weighted by Gasteiger charge is 2.32.